The van der Waals surface area contributed by atoms with E-state index >= 15 is 0 Å². The Morgan fingerprint density at radius 3 is 2.00 bits per heavy atom. The van der Waals surface area contributed by atoms with Gasteiger partial charge in [-0.2, -0.15) is 0 Å². The van der Waals surface area contributed by atoms with Crippen LogP contribution in [0.5, 0.6) is 5.75 Å². The molecule has 0 atom stereocenters. The van der Waals surface area contributed by atoms with Crippen LogP contribution in [0, 0.1) is 0 Å². The molecule has 0 spiro atoms. The van der Waals surface area contributed by atoms with E-state index in [2.05, 4.69) is 77.7 Å². The lowest BCUT2D eigenvalue weighted by Gasteiger charge is -2.28. The number of rotatable bonds is 5. The largest absolute Gasteiger partial charge is 0.496 e. The molecule has 0 aliphatic carbocycles. The average molecular weight is 357 g/mol. The maximum atomic E-state index is 6.01. The minimum atomic E-state index is 0.956. The molecule has 0 amide bonds. The van der Waals surface area contributed by atoms with E-state index in [4.69, 9.17) is 4.74 Å². The molecule has 0 unspecified atom stereocenters. The van der Waals surface area contributed by atoms with Crippen molar-refractivity contribution in [2.45, 2.75) is 25.8 Å². The van der Waals surface area contributed by atoms with Gasteiger partial charge in [0.1, 0.15) is 5.75 Å². The highest BCUT2D eigenvalue weighted by Gasteiger charge is 2.19. The summed E-state index contributed by atoms with van der Waals surface area (Å²) in [5.41, 5.74) is 6.12. The fourth-order valence-electron chi connectivity index (χ4n) is 4.09. The topological polar surface area (TPSA) is 12.5 Å². The van der Waals surface area contributed by atoms with Crippen LogP contribution in [-0.4, -0.2) is 25.1 Å². The highest BCUT2D eigenvalue weighted by molar-refractivity contribution is 5.88. The third-order valence-corrected chi connectivity index (χ3v) is 5.43. The molecule has 1 aliphatic heterocycles. The van der Waals surface area contributed by atoms with Gasteiger partial charge in [-0.05, 0) is 42.6 Å². The molecular weight excluding hydrogens is 330 g/mol. The Balaban J connectivity index is 1.83. The van der Waals surface area contributed by atoms with Crippen LogP contribution in [0.25, 0.3) is 22.3 Å². The molecule has 0 N–H and O–H groups in total. The summed E-state index contributed by atoms with van der Waals surface area (Å²) in [6, 6.07) is 25.7. The summed E-state index contributed by atoms with van der Waals surface area (Å²) >= 11 is 0. The van der Waals surface area contributed by atoms with E-state index in [1.165, 1.54) is 60.2 Å². The van der Waals surface area contributed by atoms with Gasteiger partial charge in [-0.15, -0.1) is 0 Å². The summed E-state index contributed by atoms with van der Waals surface area (Å²) in [5, 5.41) is 0. The highest BCUT2D eigenvalue weighted by Crippen LogP contribution is 2.41. The Bertz CT molecular complexity index is 868. The van der Waals surface area contributed by atoms with E-state index in [1.54, 1.807) is 7.11 Å². The number of likely N-dealkylation sites (tertiary alicyclic amines) is 1. The van der Waals surface area contributed by atoms with E-state index in [9.17, 15) is 0 Å². The number of nitrogens with zero attached hydrogens (tertiary/aromatic N) is 1. The molecule has 3 aromatic rings. The Hall–Kier alpha value is -2.58. The summed E-state index contributed by atoms with van der Waals surface area (Å²) in [4.78, 5) is 2.55. The summed E-state index contributed by atoms with van der Waals surface area (Å²) in [6.45, 7) is 3.33. The van der Waals surface area contributed by atoms with Gasteiger partial charge >= 0.3 is 0 Å². The Kier molecular flexibility index (Phi) is 5.55. The van der Waals surface area contributed by atoms with Crippen LogP contribution in [0.4, 0.5) is 0 Å². The van der Waals surface area contributed by atoms with Gasteiger partial charge in [0.15, 0.2) is 0 Å². The molecule has 0 radical (unpaired) electrons. The average Bonchev–Trinajstić information content (AvgIpc) is 2.75. The second-order valence-electron chi connectivity index (χ2n) is 7.25. The fraction of sp³-hybridized carbons (Fsp3) is 0.280. The lowest BCUT2D eigenvalue weighted by Crippen LogP contribution is -2.29. The van der Waals surface area contributed by atoms with Crippen molar-refractivity contribution in [3.63, 3.8) is 0 Å². The normalized spacial score (nSPS) is 14.9. The van der Waals surface area contributed by atoms with Crippen molar-refractivity contribution >= 4 is 0 Å². The Morgan fingerprint density at radius 2 is 1.37 bits per heavy atom. The van der Waals surface area contributed by atoms with E-state index < -0.39 is 0 Å². The number of hydrogen-bond acceptors (Lipinski definition) is 2. The van der Waals surface area contributed by atoms with Crippen LogP contribution in [0.15, 0.2) is 72.8 Å². The first-order chi connectivity index (χ1) is 13.4. The Labute approximate surface area is 162 Å². The number of piperidine rings is 1. The van der Waals surface area contributed by atoms with Crippen LogP contribution in [0.1, 0.15) is 24.8 Å². The van der Waals surface area contributed by atoms with Gasteiger partial charge in [0, 0.05) is 17.7 Å². The van der Waals surface area contributed by atoms with Gasteiger partial charge in [0.2, 0.25) is 0 Å². The van der Waals surface area contributed by atoms with Crippen LogP contribution < -0.4 is 4.74 Å². The van der Waals surface area contributed by atoms with Crippen molar-refractivity contribution < 1.29 is 4.74 Å². The van der Waals surface area contributed by atoms with Gasteiger partial charge in [-0.3, -0.25) is 4.90 Å². The molecule has 0 saturated carbocycles. The third-order valence-electron chi connectivity index (χ3n) is 5.43. The quantitative estimate of drug-likeness (QED) is 0.554. The number of ether oxygens (including phenoxy) is 1. The molecule has 0 bridgehead atoms. The first kappa shape index (κ1) is 17.8. The highest BCUT2D eigenvalue weighted by atomic mass is 16.5. The zero-order chi connectivity index (χ0) is 18.5. The second-order valence-corrected chi connectivity index (χ2v) is 7.25. The predicted octanol–water partition coefficient (Wildman–Crippen LogP) is 6.02. The predicted molar refractivity (Wildman–Crippen MR) is 113 cm³/mol. The molecule has 2 nitrogen and oxygen atoms in total. The molecule has 1 aliphatic rings. The molecule has 0 aromatic heterocycles. The standard InChI is InChI=1S/C25H27NO/c1-27-25-22(19-26-17-9-4-10-18-26)15-16-23(20-11-5-2-6-12-20)24(25)21-13-7-3-8-14-21/h2-3,5-8,11-16H,4,9-10,17-19H2,1H3. The van der Waals surface area contributed by atoms with Crippen molar-refractivity contribution in [2.75, 3.05) is 20.2 Å². The summed E-state index contributed by atoms with van der Waals surface area (Å²) in [7, 11) is 1.80. The van der Waals surface area contributed by atoms with Gasteiger partial charge in [-0.25, -0.2) is 0 Å². The van der Waals surface area contributed by atoms with Crippen LogP contribution in [-0.2, 0) is 6.54 Å². The zero-order valence-electron chi connectivity index (χ0n) is 16.0. The number of benzene rings is 3. The summed E-state index contributed by atoms with van der Waals surface area (Å²) in [6.07, 6.45) is 3.96. The van der Waals surface area contributed by atoms with Gasteiger partial charge in [-0.1, -0.05) is 79.2 Å². The Morgan fingerprint density at radius 1 is 0.741 bits per heavy atom. The van der Waals surface area contributed by atoms with Gasteiger partial charge in [0.25, 0.3) is 0 Å². The van der Waals surface area contributed by atoms with Crippen LogP contribution in [0.3, 0.4) is 0 Å². The lowest BCUT2D eigenvalue weighted by atomic mass is 9.91. The molecule has 4 rings (SSSR count). The molecule has 1 heterocycles. The minimum absolute atomic E-state index is 0.956. The summed E-state index contributed by atoms with van der Waals surface area (Å²) in [5.74, 6) is 1.01. The molecule has 138 valence electrons. The number of methoxy groups -OCH3 is 1. The van der Waals surface area contributed by atoms with E-state index in [0.717, 1.165) is 12.3 Å². The van der Waals surface area contributed by atoms with Crippen molar-refractivity contribution in [3.05, 3.63) is 78.4 Å². The summed E-state index contributed by atoms with van der Waals surface area (Å²) < 4.78 is 6.01. The van der Waals surface area contributed by atoms with Crippen LogP contribution >= 0.6 is 0 Å². The zero-order valence-corrected chi connectivity index (χ0v) is 16.0. The van der Waals surface area contributed by atoms with Crippen molar-refractivity contribution in [2.24, 2.45) is 0 Å². The van der Waals surface area contributed by atoms with Crippen molar-refractivity contribution in [1.29, 1.82) is 0 Å². The monoisotopic (exact) mass is 357 g/mol. The molecule has 1 fully saturated rings. The van der Waals surface area contributed by atoms with E-state index in [-0.39, 0.29) is 0 Å². The van der Waals surface area contributed by atoms with Crippen LogP contribution in [0.2, 0.25) is 0 Å². The SMILES string of the molecule is COc1c(CN2CCCCC2)ccc(-c2ccccc2)c1-c1ccccc1. The fourth-order valence-corrected chi connectivity index (χ4v) is 4.09. The van der Waals surface area contributed by atoms with Crippen molar-refractivity contribution in [3.8, 4) is 28.0 Å². The van der Waals surface area contributed by atoms with Gasteiger partial charge in [0.05, 0.1) is 7.11 Å². The molecule has 2 heteroatoms. The minimum Gasteiger partial charge on any atom is -0.496 e. The smallest absolute Gasteiger partial charge is 0.131 e. The molecule has 27 heavy (non-hydrogen) atoms. The van der Waals surface area contributed by atoms with E-state index in [0.29, 0.717) is 0 Å². The first-order valence-corrected chi connectivity index (χ1v) is 9.90. The van der Waals surface area contributed by atoms with E-state index in [1.807, 2.05) is 0 Å². The molecule has 1 saturated heterocycles. The first-order valence-electron chi connectivity index (χ1n) is 9.90. The van der Waals surface area contributed by atoms with Gasteiger partial charge < -0.3 is 4.74 Å². The van der Waals surface area contributed by atoms with Crippen molar-refractivity contribution in [1.82, 2.24) is 4.90 Å². The number of hydrogen-bond donors (Lipinski definition) is 0. The lowest BCUT2D eigenvalue weighted by molar-refractivity contribution is 0.218. The molecule has 3 aromatic carbocycles. The second kappa shape index (κ2) is 8.41. The maximum absolute atomic E-state index is 6.01. The molecular formula is C25H27NO. The third kappa shape index (κ3) is 3.91. The maximum Gasteiger partial charge on any atom is 0.131 e.